The molecule has 8 heteroatoms. The molecule has 1 unspecified atom stereocenters. The van der Waals surface area contributed by atoms with Crippen LogP contribution in [0.25, 0.3) is 0 Å². The number of rotatable bonds is 7. The molecule has 1 saturated heterocycles. The quantitative estimate of drug-likeness (QED) is 0.251. The first-order valence-electron chi connectivity index (χ1n) is 12.8. The fraction of sp³-hybridized carbons (Fsp3) is 0.226. The van der Waals surface area contributed by atoms with Crippen molar-refractivity contribution in [3.8, 4) is 0 Å². The van der Waals surface area contributed by atoms with E-state index in [-0.39, 0.29) is 16.2 Å². The molecule has 0 saturated carbocycles. The molecular weight excluding hydrogens is 512 g/mol. The van der Waals surface area contributed by atoms with E-state index in [0.29, 0.717) is 11.1 Å². The molecule has 5 rings (SSSR count). The standard InChI is InChI=1S/C31H30N2O5S/c1-22-17-19-26(20-18-22)39(37,38)32-29(25-15-9-4-10-16-25)30(33(35)36)28(24-13-7-3-8-14-24)27(31(32)34)21-23-11-5-2-6-12-23/h2-20,27-31,34H,21H2,1H3/t27-,28-,29-,30+,31?/m1/s1. The minimum atomic E-state index is -4.34. The lowest BCUT2D eigenvalue weighted by molar-refractivity contribution is -0.543. The van der Waals surface area contributed by atoms with Crippen LogP contribution >= 0.6 is 0 Å². The largest absolute Gasteiger partial charge is 0.377 e. The highest BCUT2D eigenvalue weighted by Crippen LogP contribution is 2.49. The van der Waals surface area contributed by atoms with E-state index in [1.807, 2.05) is 67.6 Å². The van der Waals surface area contributed by atoms with Crippen LogP contribution < -0.4 is 0 Å². The second-order valence-corrected chi connectivity index (χ2v) is 11.8. The van der Waals surface area contributed by atoms with Gasteiger partial charge in [0.05, 0.1) is 10.8 Å². The highest BCUT2D eigenvalue weighted by Gasteiger charge is 2.59. The molecule has 0 aromatic heterocycles. The Bertz CT molecular complexity index is 1510. The third-order valence-electron chi connectivity index (χ3n) is 7.55. The van der Waals surface area contributed by atoms with E-state index in [1.165, 1.54) is 12.1 Å². The van der Waals surface area contributed by atoms with Crippen LogP contribution in [0, 0.1) is 23.0 Å². The number of aliphatic hydroxyl groups is 1. The van der Waals surface area contributed by atoms with Gasteiger partial charge in [0.15, 0.2) is 0 Å². The Labute approximate surface area is 228 Å². The summed E-state index contributed by atoms with van der Waals surface area (Å²) in [5.74, 6) is -1.54. The lowest BCUT2D eigenvalue weighted by atomic mass is 9.70. The Balaban J connectivity index is 1.75. The molecule has 4 aromatic carbocycles. The fourth-order valence-corrected chi connectivity index (χ4v) is 7.45. The van der Waals surface area contributed by atoms with E-state index in [0.717, 1.165) is 15.4 Å². The van der Waals surface area contributed by atoms with Crippen LogP contribution in [0.1, 0.15) is 34.2 Å². The van der Waals surface area contributed by atoms with Crippen LogP contribution in [0.3, 0.4) is 0 Å². The Hall–Kier alpha value is -3.85. The van der Waals surface area contributed by atoms with Gasteiger partial charge in [-0.05, 0) is 42.2 Å². The van der Waals surface area contributed by atoms with E-state index >= 15 is 0 Å². The van der Waals surface area contributed by atoms with E-state index in [4.69, 9.17) is 0 Å². The summed E-state index contributed by atoms with van der Waals surface area (Å²) in [4.78, 5) is 12.6. The van der Waals surface area contributed by atoms with Gasteiger partial charge < -0.3 is 5.11 Å². The molecule has 0 bridgehead atoms. The molecule has 1 N–H and O–H groups in total. The lowest BCUT2D eigenvalue weighted by Crippen LogP contribution is -2.60. The van der Waals surface area contributed by atoms with Crippen LogP contribution in [0.4, 0.5) is 0 Å². The molecule has 0 aliphatic carbocycles. The van der Waals surface area contributed by atoms with Gasteiger partial charge in [-0.1, -0.05) is 109 Å². The summed E-state index contributed by atoms with van der Waals surface area (Å²) in [6.07, 6.45) is -1.27. The molecule has 200 valence electrons. The van der Waals surface area contributed by atoms with E-state index in [2.05, 4.69) is 0 Å². The second kappa shape index (κ2) is 11.1. The number of sulfonamides is 1. The summed E-state index contributed by atoms with van der Waals surface area (Å²) in [7, 11) is -4.34. The highest BCUT2D eigenvalue weighted by molar-refractivity contribution is 7.89. The number of piperidine rings is 1. The maximum Gasteiger partial charge on any atom is 0.246 e. The zero-order valence-electron chi connectivity index (χ0n) is 21.4. The van der Waals surface area contributed by atoms with Gasteiger partial charge in [-0.2, -0.15) is 4.31 Å². The van der Waals surface area contributed by atoms with E-state index in [1.54, 1.807) is 42.5 Å². The Morgan fingerprint density at radius 2 is 1.31 bits per heavy atom. The molecule has 0 radical (unpaired) electrons. The number of benzene rings is 4. The van der Waals surface area contributed by atoms with Crippen molar-refractivity contribution in [3.63, 3.8) is 0 Å². The maximum absolute atomic E-state index is 14.2. The van der Waals surface area contributed by atoms with Gasteiger partial charge in [0, 0.05) is 10.8 Å². The van der Waals surface area contributed by atoms with Gasteiger partial charge in [-0.3, -0.25) is 10.1 Å². The Morgan fingerprint density at radius 1 is 0.795 bits per heavy atom. The van der Waals surface area contributed by atoms with Crippen LogP contribution in [0.15, 0.2) is 120 Å². The van der Waals surface area contributed by atoms with Crippen molar-refractivity contribution < 1.29 is 18.4 Å². The van der Waals surface area contributed by atoms with Crippen LogP contribution in [0.2, 0.25) is 0 Å². The first-order valence-corrected chi connectivity index (χ1v) is 14.3. The van der Waals surface area contributed by atoms with Crippen molar-refractivity contribution >= 4 is 10.0 Å². The van der Waals surface area contributed by atoms with Crippen LogP contribution in [0.5, 0.6) is 0 Å². The number of aliphatic hydroxyl groups excluding tert-OH is 1. The predicted octanol–water partition coefficient (Wildman–Crippen LogP) is 5.35. The second-order valence-electron chi connectivity index (χ2n) is 9.98. The average Bonchev–Trinajstić information content (AvgIpc) is 2.95. The van der Waals surface area contributed by atoms with E-state index < -0.39 is 40.2 Å². The maximum atomic E-state index is 14.2. The normalized spacial score (nSPS) is 23.8. The van der Waals surface area contributed by atoms with Gasteiger partial charge in [0.25, 0.3) is 0 Å². The van der Waals surface area contributed by atoms with E-state index in [9.17, 15) is 23.6 Å². The van der Waals surface area contributed by atoms with Gasteiger partial charge in [0.1, 0.15) is 12.3 Å². The summed E-state index contributed by atoms with van der Waals surface area (Å²) < 4.78 is 29.5. The van der Waals surface area contributed by atoms with Crippen LogP contribution in [-0.2, 0) is 16.4 Å². The summed E-state index contributed by atoms with van der Waals surface area (Å²) in [6, 6.07) is 30.8. The number of aryl methyl sites for hydroxylation is 1. The Kier molecular flexibility index (Phi) is 7.61. The molecule has 1 aliphatic rings. The Morgan fingerprint density at radius 3 is 1.85 bits per heavy atom. The fourth-order valence-electron chi connectivity index (χ4n) is 5.74. The number of nitro groups is 1. The summed E-state index contributed by atoms with van der Waals surface area (Å²) in [6.45, 7) is 1.85. The van der Waals surface area contributed by atoms with Crippen molar-refractivity contribution in [1.29, 1.82) is 0 Å². The minimum absolute atomic E-state index is 0.0215. The van der Waals surface area contributed by atoms with Crippen molar-refractivity contribution in [2.24, 2.45) is 5.92 Å². The molecule has 1 fully saturated rings. The zero-order chi connectivity index (χ0) is 27.6. The zero-order valence-corrected chi connectivity index (χ0v) is 22.3. The predicted molar refractivity (Wildman–Crippen MR) is 149 cm³/mol. The van der Waals surface area contributed by atoms with Gasteiger partial charge in [0.2, 0.25) is 16.1 Å². The minimum Gasteiger partial charge on any atom is -0.377 e. The van der Waals surface area contributed by atoms with Gasteiger partial charge in [-0.25, -0.2) is 8.42 Å². The van der Waals surface area contributed by atoms with Crippen molar-refractivity contribution in [1.82, 2.24) is 4.31 Å². The molecule has 4 aromatic rings. The molecule has 7 nitrogen and oxygen atoms in total. The molecule has 0 amide bonds. The first kappa shape index (κ1) is 26.7. The summed E-state index contributed by atoms with van der Waals surface area (Å²) >= 11 is 0. The topological polar surface area (TPSA) is 101 Å². The van der Waals surface area contributed by atoms with Gasteiger partial charge >= 0.3 is 0 Å². The van der Waals surface area contributed by atoms with Crippen LogP contribution in [-0.4, -0.2) is 35.0 Å². The molecule has 39 heavy (non-hydrogen) atoms. The molecule has 1 aliphatic heterocycles. The average molecular weight is 543 g/mol. The number of hydrogen-bond acceptors (Lipinski definition) is 5. The SMILES string of the molecule is Cc1ccc(S(=O)(=O)N2C(O)[C@H](Cc3ccccc3)[C@@H](c3ccccc3)[C@H]([N+](=O)[O-])[C@H]2c2ccccc2)cc1. The first-order chi connectivity index (χ1) is 18.8. The smallest absolute Gasteiger partial charge is 0.246 e. The third-order valence-corrected chi connectivity index (χ3v) is 9.42. The highest BCUT2D eigenvalue weighted by atomic mass is 32.2. The molecule has 0 spiro atoms. The van der Waals surface area contributed by atoms with Crippen molar-refractivity contribution in [3.05, 3.63) is 148 Å². The van der Waals surface area contributed by atoms with Crippen molar-refractivity contribution in [2.75, 3.05) is 0 Å². The summed E-state index contributed by atoms with van der Waals surface area (Å²) in [5.41, 5.74) is 2.87. The monoisotopic (exact) mass is 542 g/mol. The summed E-state index contributed by atoms with van der Waals surface area (Å²) in [5, 5.41) is 25.0. The molecular formula is C31H30N2O5S. The van der Waals surface area contributed by atoms with Crippen molar-refractivity contribution in [2.45, 2.75) is 42.5 Å². The molecule has 5 atom stereocenters. The molecule has 1 heterocycles. The lowest BCUT2D eigenvalue weighted by Gasteiger charge is -2.48. The third kappa shape index (κ3) is 5.23. The number of hydrogen-bond donors (Lipinski definition) is 1. The number of nitrogens with zero attached hydrogens (tertiary/aromatic N) is 2. The van der Waals surface area contributed by atoms with Gasteiger partial charge in [-0.15, -0.1) is 0 Å².